The average molecular weight is 573 g/mol. The van der Waals surface area contributed by atoms with Gasteiger partial charge in [0.1, 0.15) is 11.1 Å². The lowest BCUT2D eigenvalue weighted by Crippen LogP contribution is -2.56. The minimum Gasteiger partial charge on any atom is -0.419 e. The van der Waals surface area contributed by atoms with E-state index >= 15 is 0 Å². The minimum absolute atomic E-state index is 0.00587. The maximum atomic E-state index is 12.9. The highest BCUT2D eigenvalue weighted by atomic mass is 16.8. The molecule has 0 unspecified atom stereocenters. The second kappa shape index (κ2) is 10.3. The first-order valence-corrected chi connectivity index (χ1v) is 14.2. The largest absolute Gasteiger partial charge is 0.419 e. The topological polar surface area (TPSA) is 105 Å². The van der Waals surface area contributed by atoms with Gasteiger partial charge in [-0.1, -0.05) is 90.1 Å². The van der Waals surface area contributed by atoms with Crippen LogP contribution in [0.3, 0.4) is 0 Å². The molecule has 1 saturated carbocycles. The van der Waals surface area contributed by atoms with Gasteiger partial charge >= 0.3 is 23.9 Å². The summed E-state index contributed by atoms with van der Waals surface area (Å²) in [6.45, 7) is 12.6. The number of rotatable bonds is 2. The summed E-state index contributed by atoms with van der Waals surface area (Å²) in [6.07, 6.45) is 2.92. The van der Waals surface area contributed by atoms with Gasteiger partial charge in [0.15, 0.2) is 0 Å². The summed E-state index contributed by atoms with van der Waals surface area (Å²) in [5, 5.41) is 0. The first kappa shape index (κ1) is 29.3. The highest BCUT2D eigenvalue weighted by Crippen LogP contribution is 2.45. The van der Waals surface area contributed by atoms with Crippen LogP contribution in [0.5, 0.6) is 0 Å². The van der Waals surface area contributed by atoms with E-state index in [1.165, 1.54) is 12.2 Å². The van der Waals surface area contributed by atoms with Crippen LogP contribution in [0.4, 0.5) is 0 Å². The van der Waals surface area contributed by atoms with Gasteiger partial charge in [0.2, 0.25) is 0 Å². The molecule has 3 fully saturated rings. The van der Waals surface area contributed by atoms with E-state index in [4.69, 9.17) is 18.9 Å². The molecule has 0 aromatic heterocycles. The number of ether oxygens (including phenoxy) is 4. The lowest BCUT2D eigenvalue weighted by molar-refractivity contribution is -0.291. The van der Waals surface area contributed by atoms with Gasteiger partial charge in [-0.3, -0.25) is 0 Å². The van der Waals surface area contributed by atoms with Crippen molar-refractivity contribution in [2.75, 3.05) is 0 Å². The van der Waals surface area contributed by atoms with Crippen LogP contribution >= 0.6 is 0 Å². The molecule has 0 N–H and O–H groups in total. The molecule has 2 heterocycles. The van der Waals surface area contributed by atoms with E-state index in [1.807, 2.05) is 48.5 Å². The molecule has 2 saturated heterocycles. The summed E-state index contributed by atoms with van der Waals surface area (Å²) in [7, 11) is 0. The lowest BCUT2D eigenvalue weighted by atomic mass is 9.86. The number of hydrogen-bond acceptors (Lipinski definition) is 8. The fourth-order valence-electron chi connectivity index (χ4n) is 5.25. The molecular formula is C34H36O8. The van der Waals surface area contributed by atoms with Crippen molar-refractivity contribution in [2.45, 2.75) is 89.6 Å². The van der Waals surface area contributed by atoms with Crippen LogP contribution in [0.15, 0.2) is 59.7 Å². The number of esters is 4. The minimum atomic E-state index is -1.52. The molecule has 0 radical (unpaired) electrons. The first-order valence-electron chi connectivity index (χ1n) is 14.2. The summed E-state index contributed by atoms with van der Waals surface area (Å²) >= 11 is 0. The third kappa shape index (κ3) is 5.89. The van der Waals surface area contributed by atoms with Gasteiger partial charge in [0, 0.05) is 25.7 Å². The zero-order chi connectivity index (χ0) is 30.5. The molecule has 220 valence electrons. The third-order valence-corrected chi connectivity index (χ3v) is 7.94. The van der Waals surface area contributed by atoms with E-state index in [9.17, 15) is 19.2 Å². The normalized spacial score (nSPS) is 24.6. The SMILES string of the molecule is CC(C)(C)c1ccc(C=C2C(=O)OC3(CCC4(CC3)OC(=O)C(=Cc3ccc(C(C)(C)C)cc3)C(=O)O4)OC2=O)cc1. The molecule has 2 aliphatic heterocycles. The van der Waals surface area contributed by atoms with Gasteiger partial charge in [-0.2, -0.15) is 0 Å². The fourth-order valence-corrected chi connectivity index (χ4v) is 5.25. The van der Waals surface area contributed by atoms with Crippen molar-refractivity contribution in [1.29, 1.82) is 0 Å². The standard InChI is InChI=1S/C34H36O8/c1-31(2,3)23-11-7-21(8-12-23)19-25-27(35)39-33(40-28(25)36)15-17-34(18-16-33)41-29(37)26(30(38)42-34)20-22-9-13-24(14-10-22)32(4,5)6/h7-14,19-20H,15-18H2,1-6H3. The predicted octanol–water partition coefficient (Wildman–Crippen LogP) is 5.92. The van der Waals surface area contributed by atoms with E-state index in [0.29, 0.717) is 11.1 Å². The van der Waals surface area contributed by atoms with Crippen LogP contribution < -0.4 is 0 Å². The summed E-state index contributed by atoms with van der Waals surface area (Å²) in [5.41, 5.74) is 3.11. The van der Waals surface area contributed by atoms with Crippen molar-refractivity contribution in [2.24, 2.45) is 0 Å². The Kier molecular flexibility index (Phi) is 7.16. The van der Waals surface area contributed by atoms with Crippen molar-refractivity contribution in [3.8, 4) is 0 Å². The van der Waals surface area contributed by atoms with Crippen molar-refractivity contribution in [1.82, 2.24) is 0 Å². The van der Waals surface area contributed by atoms with Gasteiger partial charge in [0.05, 0.1) is 0 Å². The zero-order valence-electron chi connectivity index (χ0n) is 24.9. The highest BCUT2D eigenvalue weighted by molar-refractivity contribution is 6.19. The molecule has 5 rings (SSSR count). The molecule has 0 atom stereocenters. The van der Waals surface area contributed by atoms with E-state index in [2.05, 4.69) is 41.5 Å². The van der Waals surface area contributed by atoms with Crippen molar-refractivity contribution < 1.29 is 38.1 Å². The first-order chi connectivity index (χ1) is 19.6. The van der Waals surface area contributed by atoms with Gasteiger partial charge in [-0.25, -0.2) is 19.2 Å². The Morgan fingerprint density at radius 1 is 0.500 bits per heavy atom. The zero-order valence-corrected chi connectivity index (χ0v) is 24.9. The molecule has 0 bridgehead atoms. The third-order valence-electron chi connectivity index (χ3n) is 7.94. The van der Waals surface area contributed by atoms with E-state index in [-0.39, 0.29) is 47.7 Å². The van der Waals surface area contributed by atoms with Crippen LogP contribution in [0.1, 0.15) is 89.5 Å². The lowest BCUT2D eigenvalue weighted by Gasteiger charge is -2.46. The van der Waals surface area contributed by atoms with E-state index in [0.717, 1.165) is 11.1 Å². The van der Waals surface area contributed by atoms with Crippen LogP contribution in [-0.4, -0.2) is 35.5 Å². The Morgan fingerprint density at radius 3 is 1.00 bits per heavy atom. The van der Waals surface area contributed by atoms with Gasteiger partial charge in [-0.15, -0.1) is 0 Å². The van der Waals surface area contributed by atoms with Gasteiger partial charge in [-0.05, 0) is 45.2 Å². The summed E-state index contributed by atoms with van der Waals surface area (Å²) < 4.78 is 22.5. The number of benzene rings is 2. The van der Waals surface area contributed by atoms with Gasteiger partial charge in [0.25, 0.3) is 11.6 Å². The number of hydrogen-bond donors (Lipinski definition) is 0. The molecule has 8 heteroatoms. The predicted molar refractivity (Wildman–Crippen MR) is 155 cm³/mol. The average Bonchev–Trinajstić information content (AvgIpc) is 2.90. The summed E-state index contributed by atoms with van der Waals surface area (Å²) in [6, 6.07) is 15.1. The second-order valence-corrected chi connectivity index (χ2v) is 13.2. The van der Waals surface area contributed by atoms with Crippen LogP contribution in [0.25, 0.3) is 12.2 Å². The van der Waals surface area contributed by atoms with Crippen molar-refractivity contribution in [3.63, 3.8) is 0 Å². The van der Waals surface area contributed by atoms with Crippen LogP contribution in [0, 0.1) is 0 Å². The molecule has 8 nitrogen and oxygen atoms in total. The Balaban J connectivity index is 1.24. The van der Waals surface area contributed by atoms with E-state index < -0.39 is 35.5 Å². The fraction of sp³-hybridized carbons (Fsp3) is 0.412. The Labute approximate surface area is 245 Å². The second-order valence-electron chi connectivity index (χ2n) is 13.2. The summed E-state index contributed by atoms with van der Waals surface area (Å²) in [5.74, 6) is -6.19. The Bertz CT molecular complexity index is 1330. The van der Waals surface area contributed by atoms with E-state index in [1.54, 1.807) is 0 Å². The monoisotopic (exact) mass is 572 g/mol. The molecule has 2 aromatic carbocycles. The Morgan fingerprint density at radius 2 is 0.762 bits per heavy atom. The molecule has 3 aliphatic rings. The smallest absolute Gasteiger partial charge is 0.348 e. The Hall–Kier alpha value is -4.20. The molecule has 2 aromatic rings. The maximum absolute atomic E-state index is 12.9. The van der Waals surface area contributed by atoms with Crippen LogP contribution in [-0.2, 0) is 49.0 Å². The molecule has 42 heavy (non-hydrogen) atoms. The molecular weight excluding hydrogens is 536 g/mol. The maximum Gasteiger partial charge on any atom is 0.348 e. The number of carbonyl (C=O) groups is 4. The quantitative estimate of drug-likeness (QED) is 0.248. The van der Waals surface area contributed by atoms with Crippen LogP contribution in [0.2, 0.25) is 0 Å². The summed E-state index contributed by atoms with van der Waals surface area (Å²) in [4.78, 5) is 51.6. The van der Waals surface area contributed by atoms with Crippen molar-refractivity contribution in [3.05, 3.63) is 81.9 Å². The highest BCUT2D eigenvalue weighted by Gasteiger charge is 2.56. The van der Waals surface area contributed by atoms with Gasteiger partial charge < -0.3 is 18.9 Å². The molecule has 2 spiro atoms. The molecule has 0 amide bonds. The molecule has 1 aliphatic carbocycles. The number of carbonyl (C=O) groups excluding carboxylic acids is 4. The van der Waals surface area contributed by atoms with Crippen molar-refractivity contribution >= 4 is 36.0 Å².